The Labute approximate surface area is 184 Å². The van der Waals surface area contributed by atoms with E-state index >= 15 is 0 Å². The minimum Gasteiger partial charge on any atom is -0.494 e. The number of hydrogen-bond acceptors (Lipinski definition) is 4. The summed E-state index contributed by atoms with van der Waals surface area (Å²) in [6.07, 6.45) is 0. The van der Waals surface area contributed by atoms with E-state index in [0.717, 1.165) is 34.9 Å². The first-order valence-electron chi connectivity index (χ1n) is 9.40. The van der Waals surface area contributed by atoms with Gasteiger partial charge in [0.15, 0.2) is 5.96 Å². The number of hydrogen-bond donors (Lipinski definition) is 3. The number of nitrogens with zero attached hydrogens (tertiary/aromatic N) is 1. The van der Waals surface area contributed by atoms with Crippen LogP contribution in [0.2, 0.25) is 0 Å². The van der Waals surface area contributed by atoms with Crippen molar-refractivity contribution >= 4 is 29.9 Å². The van der Waals surface area contributed by atoms with Gasteiger partial charge in [-0.2, -0.15) is 0 Å². The first-order valence-corrected chi connectivity index (χ1v) is 9.40. The van der Waals surface area contributed by atoms with E-state index in [-0.39, 0.29) is 24.0 Å². The van der Waals surface area contributed by atoms with E-state index in [1.807, 2.05) is 58.0 Å². The van der Waals surface area contributed by atoms with Crippen LogP contribution in [0.1, 0.15) is 43.4 Å². The number of nitrogens with one attached hydrogen (secondary N) is 2. The molecule has 2 aromatic rings. The summed E-state index contributed by atoms with van der Waals surface area (Å²) in [6, 6.07) is 9.76. The molecule has 0 amide bonds. The van der Waals surface area contributed by atoms with Gasteiger partial charge in [0.2, 0.25) is 0 Å². The van der Waals surface area contributed by atoms with Crippen LogP contribution < -0.4 is 15.4 Å². The van der Waals surface area contributed by atoms with E-state index in [2.05, 4.69) is 15.6 Å². The van der Waals surface area contributed by atoms with Gasteiger partial charge in [-0.25, -0.2) is 4.99 Å². The Kier molecular flexibility index (Phi) is 9.81. The normalized spacial score (nSPS) is 13.4. The van der Waals surface area contributed by atoms with Crippen molar-refractivity contribution in [3.63, 3.8) is 0 Å². The van der Waals surface area contributed by atoms with E-state index in [1.54, 1.807) is 6.92 Å². The number of aliphatic imine (C=N–C) groups is 1. The number of ether oxygens (including phenoxy) is 1. The van der Waals surface area contributed by atoms with Gasteiger partial charge in [0.1, 0.15) is 22.9 Å². The van der Waals surface area contributed by atoms with E-state index in [0.29, 0.717) is 25.7 Å². The fourth-order valence-electron chi connectivity index (χ4n) is 2.95. The first kappa shape index (κ1) is 24.3. The van der Waals surface area contributed by atoms with E-state index in [9.17, 15) is 5.11 Å². The largest absolute Gasteiger partial charge is 0.494 e. The highest BCUT2D eigenvalue weighted by Crippen LogP contribution is 2.26. The summed E-state index contributed by atoms with van der Waals surface area (Å²) >= 11 is 0. The Morgan fingerprint density at radius 3 is 2.54 bits per heavy atom. The summed E-state index contributed by atoms with van der Waals surface area (Å²) in [7, 11) is 0. The molecule has 0 fully saturated rings. The number of halogens is 1. The lowest BCUT2D eigenvalue weighted by Crippen LogP contribution is -2.44. The Hall–Kier alpha value is -1.74. The molecule has 3 N–H and O–H groups in total. The van der Waals surface area contributed by atoms with Crippen LogP contribution in [0.15, 0.2) is 39.7 Å². The number of benzene rings is 1. The highest BCUT2D eigenvalue weighted by molar-refractivity contribution is 14.0. The molecule has 0 aliphatic rings. The van der Waals surface area contributed by atoms with Gasteiger partial charge in [-0.15, -0.1) is 24.0 Å². The molecule has 0 spiro atoms. The monoisotopic (exact) mass is 501 g/mol. The maximum Gasteiger partial charge on any atom is 0.191 e. The van der Waals surface area contributed by atoms with Crippen molar-refractivity contribution in [2.45, 2.75) is 46.8 Å². The van der Waals surface area contributed by atoms with Crippen molar-refractivity contribution in [3.8, 4) is 5.75 Å². The van der Waals surface area contributed by atoms with Gasteiger partial charge >= 0.3 is 0 Å². The minimum absolute atomic E-state index is 0. The van der Waals surface area contributed by atoms with Crippen LogP contribution in [0.5, 0.6) is 5.75 Å². The fourth-order valence-corrected chi connectivity index (χ4v) is 2.95. The summed E-state index contributed by atoms with van der Waals surface area (Å²) in [6.45, 7) is 11.6. The lowest BCUT2D eigenvalue weighted by molar-refractivity contribution is 0.0601. The number of para-hydroxylation sites is 1. The molecule has 6 nitrogen and oxygen atoms in total. The van der Waals surface area contributed by atoms with E-state index < -0.39 is 5.60 Å². The van der Waals surface area contributed by atoms with Crippen molar-refractivity contribution in [1.29, 1.82) is 0 Å². The smallest absolute Gasteiger partial charge is 0.191 e. The van der Waals surface area contributed by atoms with Crippen LogP contribution in [-0.4, -0.2) is 30.8 Å². The molecule has 1 unspecified atom stereocenters. The van der Waals surface area contributed by atoms with Gasteiger partial charge in [0.05, 0.1) is 19.7 Å². The molecule has 0 bridgehead atoms. The number of rotatable bonds is 8. The molecule has 0 aliphatic heterocycles. The third-order valence-electron chi connectivity index (χ3n) is 4.25. The summed E-state index contributed by atoms with van der Waals surface area (Å²) in [5.74, 6) is 3.00. The minimum atomic E-state index is -1.07. The summed E-state index contributed by atoms with van der Waals surface area (Å²) in [4.78, 5) is 4.63. The van der Waals surface area contributed by atoms with Crippen molar-refractivity contribution < 1.29 is 14.3 Å². The van der Waals surface area contributed by atoms with Gasteiger partial charge in [-0.05, 0) is 46.8 Å². The van der Waals surface area contributed by atoms with Gasteiger partial charge in [-0.3, -0.25) is 0 Å². The summed E-state index contributed by atoms with van der Waals surface area (Å²) in [5, 5.41) is 17.3. The average Bonchev–Trinajstić information content (AvgIpc) is 2.98. The molecule has 1 aromatic heterocycles. The zero-order chi connectivity index (χ0) is 19.9. The summed E-state index contributed by atoms with van der Waals surface area (Å²) in [5.41, 5.74) is 0.732. The summed E-state index contributed by atoms with van der Waals surface area (Å²) < 4.78 is 11.2. The molecule has 28 heavy (non-hydrogen) atoms. The molecule has 0 aliphatic carbocycles. The standard InChI is InChI=1S/C21H31N3O3.HI/c1-6-22-20(23-13-17-10-8-9-11-19(17)26-7-2)24-14-21(5,25)18-12-15(3)27-16(18)4;/h8-12,25H,6-7,13-14H2,1-5H3,(H2,22,23,24);1H. The third-order valence-corrected chi connectivity index (χ3v) is 4.25. The second-order valence-corrected chi connectivity index (χ2v) is 6.69. The average molecular weight is 501 g/mol. The Morgan fingerprint density at radius 1 is 1.21 bits per heavy atom. The zero-order valence-corrected chi connectivity index (χ0v) is 19.7. The van der Waals surface area contributed by atoms with Gasteiger partial charge in [-0.1, -0.05) is 18.2 Å². The Morgan fingerprint density at radius 2 is 1.93 bits per heavy atom. The van der Waals surface area contributed by atoms with Gasteiger partial charge < -0.3 is 24.9 Å². The maximum atomic E-state index is 10.9. The predicted molar refractivity (Wildman–Crippen MR) is 124 cm³/mol. The van der Waals surface area contributed by atoms with Crippen LogP contribution >= 0.6 is 24.0 Å². The number of guanidine groups is 1. The molecule has 1 aromatic carbocycles. The SMILES string of the molecule is CCNC(=NCc1ccccc1OCC)NCC(C)(O)c1cc(C)oc1C.I. The second kappa shape index (κ2) is 11.3. The van der Waals surface area contributed by atoms with Crippen LogP contribution in [0.3, 0.4) is 0 Å². The van der Waals surface area contributed by atoms with Crippen LogP contribution in [-0.2, 0) is 12.1 Å². The molecule has 1 heterocycles. The molecule has 7 heteroatoms. The van der Waals surface area contributed by atoms with Gasteiger partial charge in [0, 0.05) is 17.7 Å². The van der Waals surface area contributed by atoms with Crippen molar-refractivity contribution in [2.24, 2.45) is 4.99 Å². The quantitative estimate of drug-likeness (QED) is 0.291. The lowest BCUT2D eigenvalue weighted by Gasteiger charge is -2.24. The molecular weight excluding hydrogens is 469 g/mol. The molecule has 0 radical (unpaired) electrons. The number of aryl methyl sites for hydroxylation is 2. The molecule has 0 saturated heterocycles. The topological polar surface area (TPSA) is 79.0 Å². The highest BCUT2D eigenvalue weighted by atomic mass is 127. The second-order valence-electron chi connectivity index (χ2n) is 6.69. The molecule has 1 atom stereocenters. The molecule has 2 rings (SSSR count). The number of aliphatic hydroxyl groups is 1. The van der Waals surface area contributed by atoms with Crippen molar-refractivity contribution in [3.05, 3.63) is 53.0 Å². The lowest BCUT2D eigenvalue weighted by atomic mass is 9.96. The number of furan rings is 1. The van der Waals surface area contributed by atoms with Crippen LogP contribution in [0, 0.1) is 13.8 Å². The zero-order valence-electron chi connectivity index (χ0n) is 17.3. The van der Waals surface area contributed by atoms with Crippen LogP contribution in [0.25, 0.3) is 0 Å². The van der Waals surface area contributed by atoms with Crippen molar-refractivity contribution in [2.75, 3.05) is 19.7 Å². The van der Waals surface area contributed by atoms with E-state index in [4.69, 9.17) is 9.15 Å². The van der Waals surface area contributed by atoms with Gasteiger partial charge in [0.25, 0.3) is 0 Å². The third kappa shape index (κ3) is 6.70. The first-order chi connectivity index (χ1) is 12.9. The highest BCUT2D eigenvalue weighted by Gasteiger charge is 2.27. The predicted octanol–water partition coefficient (Wildman–Crippen LogP) is 3.88. The van der Waals surface area contributed by atoms with Crippen LogP contribution in [0.4, 0.5) is 0 Å². The Bertz CT molecular complexity index is 772. The molecule has 156 valence electrons. The molecular formula is C21H32IN3O3. The van der Waals surface area contributed by atoms with Crippen molar-refractivity contribution in [1.82, 2.24) is 10.6 Å². The molecule has 0 saturated carbocycles. The maximum absolute atomic E-state index is 10.9. The fraction of sp³-hybridized carbons (Fsp3) is 0.476. The van der Waals surface area contributed by atoms with E-state index in [1.165, 1.54) is 0 Å². The Balaban J connectivity index is 0.00000392.